The minimum Gasteiger partial charge on any atom is -0.496 e. The van der Waals surface area contributed by atoms with Crippen LogP contribution in [0.4, 0.5) is 4.79 Å². The summed E-state index contributed by atoms with van der Waals surface area (Å²) < 4.78 is 5.39. The maximum Gasteiger partial charge on any atom is 0.318 e. The molecule has 1 N–H and O–H groups in total. The molecule has 0 radical (unpaired) electrons. The van der Waals surface area contributed by atoms with Crippen molar-refractivity contribution in [2.75, 3.05) is 33.5 Å². The lowest BCUT2D eigenvalue weighted by Gasteiger charge is -2.30. The highest BCUT2D eigenvalue weighted by Crippen LogP contribution is 2.28. The number of nitrogens with one attached hydrogen (secondary N) is 1. The van der Waals surface area contributed by atoms with Gasteiger partial charge in [0.05, 0.1) is 7.11 Å². The van der Waals surface area contributed by atoms with E-state index >= 15 is 0 Å². The molecule has 1 aromatic carbocycles. The summed E-state index contributed by atoms with van der Waals surface area (Å²) in [5, 5.41) is 2.81. The molecule has 1 atom stereocenters. The number of methoxy groups -OCH3 is 1. The van der Waals surface area contributed by atoms with Gasteiger partial charge in [0.2, 0.25) is 5.91 Å². The molecule has 1 aromatic rings. The van der Waals surface area contributed by atoms with Crippen LogP contribution in [0, 0.1) is 0 Å². The third-order valence-corrected chi connectivity index (χ3v) is 5.37. The fraction of sp³-hybridized carbons (Fsp3) is 0.579. The average molecular weight is 380 g/mol. The second-order valence-corrected chi connectivity index (χ2v) is 7.45. The zero-order chi connectivity index (χ0) is 19.1. The van der Waals surface area contributed by atoms with Gasteiger partial charge in [-0.2, -0.15) is 0 Å². The van der Waals surface area contributed by atoms with Crippen molar-refractivity contribution in [3.05, 3.63) is 23.8 Å². The lowest BCUT2D eigenvalue weighted by Crippen LogP contribution is -2.51. The molecule has 0 spiro atoms. The van der Waals surface area contributed by atoms with Crippen LogP contribution in [0.15, 0.2) is 23.1 Å². The molecule has 144 valence electrons. The Labute approximate surface area is 160 Å². The average Bonchev–Trinajstić information content (AvgIpc) is 2.67. The number of nitrogens with zero attached hydrogens (tertiary/aromatic N) is 2. The van der Waals surface area contributed by atoms with Crippen LogP contribution in [0.25, 0.3) is 0 Å². The number of hydrogen-bond acceptors (Lipinski definition) is 4. The molecule has 0 saturated carbocycles. The fourth-order valence-electron chi connectivity index (χ4n) is 3.07. The molecule has 6 nitrogen and oxygen atoms in total. The topological polar surface area (TPSA) is 61.9 Å². The first-order chi connectivity index (χ1) is 12.5. The normalized spacial score (nSPS) is 15.3. The molecule has 1 aliphatic rings. The third-order valence-electron chi connectivity index (χ3n) is 4.59. The van der Waals surface area contributed by atoms with Crippen molar-refractivity contribution >= 4 is 23.7 Å². The highest BCUT2D eigenvalue weighted by Gasteiger charge is 2.24. The van der Waals surface area contributed by atoms with E-state index in [4.69, 9.17) is 4.74 Å². The van der Waals surface area contributed by atoms with Crippen molar-refractivity contribution in [1.82, 2.24) is 15.1 Å². The Morgan fingerprint density at radius 3 is 2.62 bits per heavy atom. The number of thioether (sulfide) groups is 1. The first-order valence-electron chi connectivity index (χ1n) is 8.97. The van der Waals surface area contributed by atoms with Crippen molar-refractivity contribution in [3.63, 3.8) is 0 Å². The quantitative estimate of drug-likeness (QED) is 0.772. The van der Waals surface area contributed by atoms with Crippen LogP contribution < -0.4 is 10.1 Å². The van der Waals surface area contributed by atoms with Gasteiger partial charge in [0.15, 0.2) is 0 Å². The first kappa shape index (κ1) is 20.4. The molecule has 2 rings (SSSR count). The number of ether oxygens (including phenoxy) is 1. The molecule has 26 heavy (non-hydrogen) atoms. The number of hydrogen-bond donors (Lipinski definition) is 1. The van der Waals surface area contributed by atoms with Crippen molar-refractivity contribution in [3.8, 4) is 5.75 Å². The molecule has 1 aliphatic heterocycles. The first-order valence-corrected chi connectivity index (χ1v) is 10.2. The van der Waals surface area contributed by atoms with Crippen molar-refractivity contribution in [2.24, 2.45) is 0 Å². The number of benzene rings is 1. The van der Waals surface area contributed by atoms with E-state index in [1.165, 1.54) is 6.42 Å². The Balaban J connectivity index is 1.91. The van der Waals surface area contributed by atoms with Gasteiger partial charge in [-0.15, -0.1) is 11.8 Å². The summed E-state index contributed by atoms with van der Waals surface area (Å²) in [4.78, 5) is 29.4. The van der Waals surface area contributed by atoms with E-state index in [2.05, 4.69) is 5.32 Å². The van der Waals surface area contributed by atoms with Gasteiger partial charge in [0.1, 0.15) is 11.8 Å². The maximum absolute atomic E-state index is 12.4. The summed E-state index contributed by atoms with van der Waals surface area (Å²) in [5.41, 5.74) is 0.979. The number of rotatable bonds is 6. The summed E-state index contributed by atoms with van der Waals surface area (Å²) in [6.07, 6.45) is 5.25. The number of piperidine rings is 1. The predicted molar refractivity (Wildman–Crippen MR) is 105 cm³/mol. The number of amides is 3. The molecule has 1 unspecified atom stereocenters. The van der Waals surface area contributed by atoms with E-state index < -0.39 is 6.04 Å². The zero-order valence-corrected chi connectivity index (χ0v) is 16.9. The van der Waals surface area contributed by atoms with Crippen LogP contribution in [-0.4, -0.2) is 61.3 Å². The van der Waals surface area contributed by atoms with Gasteiger partial charge < -0.3 is 19.9 Å². The number of urea groups is 1. The van der Waals surface area contributed by atoms with Crippen LogP contribution in [0.3, 0.4) is 0 Å². The van der Waals surface area contributed by atoms with Gasteiger partial charge in [-0.25, -0.2) is 4.79 Å². The van der Waals surface area contributed by atoms with Gasteiger partial charge in [-0.05, 0) is 50.1 Å². The summed E-state index contributed by atoms with van der Waals surface area (Å²) in [5.74, 6) is 0.801. The van der Waals surface area contributed by atoms with Gasteiger partial charge >= 0.3 is 6.03 Å². The minimum atomic E-state index is -0.517. The van der Waals surface area contributed by atoms with Crippen molar-refractivity contribution < 1.29 is 14.3 Å². The molecule has 0 bridgehead atoms. The van der Waals surface area contributed by atoms with Crippen LogP contribution in [-0.2, 0) is 11.3 Å². The van der Waals surface area contributed by atoms with Crippen LogP contribution in [0.2, 0.25) is 0 Å². The molecular formula is C19H29N3O3S. The standard InChI is InChI=1S/C19H29N3O3S/c1-14(18(23)22-10-6-5-7-11-22)20-19(24)21(2)13-15-8-9-17(26-4)16(12-15)25-3/h8-9,12,14H,5-7,10-11,13H2,1-4H3,(H,20,24). The van der Waals surface area contributed by atoms with E-state index in [1.807, 2.05) is 29.4 Å². The molecule has 1 saturated heterocycles. The third kappa shape index (κ3) is 5.30. The second-order valence-electron chi connectivity index (χ2n) is 6.60. The smallest absolute Gasteiger partial charge is 0.318 e. The largest absolute Gasteiger partial charge is 0.496 e. The van der Waals surface area contributed by atoms with E-state index in [1.54, 1.807) is 37.7 Å². The summed E-state index contributed by atoms with van der Waals surface area (Å²) in [7, 11) is 3.37. The number of carbonyl (C=O) groups is 2. The van der Waals surface area contributed by atoms with Crippen LogP contribution >= 0.6 is 11.8 Å². The lowest BCUT2D eigenvalue weighted by molar-refractivity contribution is -0.133. The van der Waals surface area contributed by atoms with Crippen LogP contribution in [0.1, 0.15) is 31.7 Å². The lowest BCUT2D eigenvalue weighted by atomic mass is 10.1. The SMILES string of the molecule is COc1cc(CN(C)C(=O)NC(C)C(=O)N2CCCCC2)ccc1SC. The predicted octanol–water partition coefficient (Wildman–Crippen LogP) is 2.96. The van der Waals surface area contributed by atoms with Gasteiger partial charge in [-0.3, -0.25) is 4.79 Å². The minimum absolute atomic E-state index is 0.00237. The van der Waals surface area contributed by atoms with Crippen molar-refractivity contribution in [1.29, 1.82) is 0 Å². The summed E-state index contributed by atoms with van der Waals surface area (Å²) in [6, 6.07) is 5.15. The number of carbonyl (C=O) groups excluding carboxylic acids is 2. The molecule has 0 aliphatic carbocycles. The van der Waals surface area contributed by atoms with Crippen LogP contribution in [0.5, 0.6) is 5.75 Å². The molecular weight excluding hydrogens is 350 g/mol. The van der Waals surface area contributed by atoms with Gasteiger partial charge in [0.25, 0.3) is 0 Å². The Bertz CT molecular complexity index is 632. The molecule has 7 heteroatoms. The maximum atomic E-state index is 12.4. The highest BCUT2D eigenvalue weighted by atomic mass is 32.2. The molecule has 0 aromatic heterocycles. The Hall–Kier alpha value is -1.89. The molecule has 1 heterocycles. The molecule has 1 fully saturated rings. The summed E-state index contributed by atoms with van der Waals surface area (Å²) in [6.45, 7) is 3.77. The van der Waals surface area contributed by atoms with Gasteiger partial charge in [0, 0.05) is 31.6 Å². The summed E-state index contributed by atoms with van der Waals surface area (Å²) >= 11 is 1.62. The number of likely N-dealkylation sites (tertiary alicyclic amines) is 1. The van der Waals surface area contributed by atoms with Crippen molar-refractivity contribution in [2.45, 2.75) is 43.7 Å². The molecule has 3 amide bonds. The highest BCUT2D eigenvalue weighted by molar-refractivity contribution is 7.98. The fourth-order valence-corrected chi connectivity index (χ4v) is 3.62. The zero-order valence-electron chi connectivity index (χ0n) is 16.1. The monoisotopic (exact) mass is 379 g/mol. The van der Waals surface area contributed by atoms with E-state index in [0.717, 1.165) is 42.1 Å². The Morgan fingerprint density at radius 1 is 1.31 bits per heavy atom. The van der Waals surface area contributed by atoms with E-state index in [-0.39, 0.29) is 11.9 Å². The Morgan fingerprint density at radius 2 is 2.00 bits per heavy atom. The van der Waals surface area contributed by atoms with E-state index in [0.29, 0.717) is 6.54 Å². The van der Waals surface area contributed by atoms with Gasteiger partial charge in [-0.1, -0.05) is 6.07 Å². The van der Waals surface area contributed by atoms with E-state index in [9.17, 15) is 9.59 Å². The Kier molecular flexibility index (Phi) is 7.63. The second kappa shape index (κ2) is 9.71.